The highest BCUT2D eigenvalue weighted by Gasteiger charge is 2.62. The van der Waals surface area contributed by atoms with E-state index < -0.39 is 23.1 Å². The van der Waals surface area contributed by atoms with Crippen LogP contribution >= 0.6 is 0 Å². The Hall–Kier alpha value is -4.12. The van der Waals surface area contributed by atoms with Gasteiger partial charge in [-0.2, -0.15) is 5.26 Å². The first-order chi connectivity index (χ1) is 15.4. The van der Waals surface area contributed by atoms with Gasteiger partial charge in [-0.1, -0.05) is 36.4 Å². The minimum Gasteiger partial charge on any atom is -0.462 e. The molecule has 0 fully saturated rings. The molecule has 4 rings (SSSR count). The number of hydrogen-bond donors (Lipinski definition) is 1. The third-order valence-electron chi connectivity index (χ3n) is 5.65. The first-order valence-electron chi connectivity index (χ1n) is 9.99. The molecule has 0 aliphatic carbocycles. The molecule has 2 N–H and O–H groups in total. The van der Waals surface area contributed by atoms with Gasteiger partial charge in [-0.3, -0.25) is 4.79 Å². The highest BCUT2D eigenvalue weighted by molar-refractivity contribution is 6.18. The van der Waals surface area contributed by atoms with E-state index in [1.54, 1.807) is 49.4 Å². The van der Waals surface area contributed by atoms with Gasteiger partial charge in [-0.25, -0.2) is 9.18 Å². The minimum absolute atomic E-state index is 0.0571. The maximum Gasteiger partial charge on any atom is 0.339 e. The van der Waals surface area contributed by atoms with Gasteiger partial charge in [-0.15, -0.1) is 0 Å². The number of benzene rings is 2. The Kier molecular flexibility index (Phi) is 5.18. The Labute approximate surface area is 184 Å². The lowest BCUT2D eigenvalue weighted by Gasteiger charge is -2.34. The topological polar surface area (TPSA) is 106 Å². The summed E-state index contributed by atoms with van der Waals surface area (Å²) >= 11 is 0. The number of halogens is 1. The lowest BCUT2D eigenvalue weighted by Crippen LogP contribution is -2.48. The summed E-state index contributed by atoms with van der Waals surface area (Å²) in [7, 11) is 0. The molecule has 0 saturated heterocycles. The van der Waals surface area contributed by atoms with Crippen molar-refractivity contribution < 1.29 is 23.5 Å². The van der Waals surface area contributed by atoms with E-state index in [1.807, 2.05) is 6.07 Å². The van der Waals surface area contributed by atoms with Crippen LogP contribution in [0.15, 0.2) is 71.3 Å². The lowest BCUT2D eigenvalue weighted by atomic mass is 9.68. The molecule has 2 aromatic rings. The molecule has 8 heteroatoms. The fraction of sp³-hybridized carbons (Fsp3) is 0.208. The molecule has 1 atom stereocenters. The van der Waals surface area contributed by atoms with Crippen molar-refractivity contribution in [3.05, 3.63) is 88.3 Å². The van der Waals surface area contributed by atoms with Crippen LogP contribution in [0.4, 0.5) is 10.1 Å². The Balaban J connectivity index is 2.00. The van der Waals surface area contributed by atoms with Crippen LogP contribution < -0.4 is 10.6 Å². The van der Waals surface area contributed by atoms with Crippen LogP contribution in [0.2, 0.25) is 0 Å². The van der Waals surface area contributed by atoms with Crippen LogP contribution in [0.5, 0.6) is 0 Å². The van der Waals surface area contributed by atoms with Crippen molar-refractivity contribution in [1.82, 2.24) is 0 Å². The van der Waals surface area contributed by atoms with Gasteiger partial charge in [0.15, 0.2) is 5.41 Å². The number of amides is 1. The molecule has 2 aliphatic heterocycles. The van der Waals surface area contributed by atoms with E-state index in [2.05, 4.69) is 0 Å². The molecule has 1 spiro atoms. The molecule has 1 unspecified atom stereocenters. The number of para-hydroxylation sites is 1. The number of anilines is 1. The second kappa shape index (κ2) is 7.85. The number of carbonyl (C=O) groups is 2. The van der Waals surface area contributed by atoms with Crippen LogP contribution in [-0.4, -0.2) is 18.5 Å². The molecule has 2 aliphatic rings. The van der Waals surface area contributed by atoms with Crippen molar-refractivity contribution in [2.45, 2.75) is 25.8 Å². The number of hydrogen-bond acceptors (Lipinski definition) is 6. The predicted molar refractivity (Wildman–Crippen MR) is 113 cm³/mol. The molecule has 7 nitrogen and oxygen atoms in total. The molecule has 162 valence electrons. The Bertz CT molecular complexity index is 1240. The van der Waals surface area contributed by atoms with Gasteiger partial charge in [0.25, 0.3) is 0 Å². The van der Waals surface area contributed by atoms with Crippen molar-refractivity contribution in [2.24, 2.45) is 5.73 Å². The third kappa shape index (κ3) is 2.86. The fourth-order valence-electron chi connectivity index (χ4n) is 4.37. The predicted octanol–water partition coefficient (Wildman–Crippen LogP) is 3.17. The number of fused-ring (bicyclic) bond motifs is 2. The lowest BCUT2D eigenvalue weighted by molar-refractivity contribution is -0.141. The van der Waals surface area contributed by atoms with Gasteiger partial charge in [0.05, 0.1) is 13.2 Å². The monoisotopic (exact) mass is 433 g/mol. The van der Waals surface area contributed by atoms with Gasteiger partial charge in [0.2, 0.25) is 11.8 Å². The van der Waals surface area contributed by atoms with Crippen molar-refractivity contribution in [3.8, 4) is 6.07 Å². The standard InChI is InChI=1S/C24H20FN3O4/c1-3-31-22(29)20-14(2)32-21(27)17(12-26)24(20)16-9-5-7-11-19(16)28(23(24)30)13-15-8-4-6-10-18(15)25/h4-11H,3,13,27H2,1-2H3. The van der Waals surface area contributed by atoms with E-state index >= 15 is 0 Å². The minimum atomic E-state index is -1.85. The van der Waals surface area contributed by atoms with Gasteiger partial charge in [0, 0.05) is 16.8 Å². The van der Waals surface area contributed by atoms with Crippen LogP contribution in [0, 0.1) is 17.1 Å². The summed E-state index contributed by atoms with van der Waals surface area (Å²) in [5.74, 6) is -2.07. The van der Waals surface area contributed by atoms with E-state index in [9.17, 15) is 19.2 Å². The zero-order valence-electron chi connectivity index (χ0n) is 17.5. The van der Waals surface area contributed by atoms with Crippen LogP contribution in [0.3, 0.4) is 0 Å². The average Bonchev–Trinajstić information content (AvgIpc) is 2.99. The molecule has 32 heavy (non-hydrogen) atoms. The Morgan fingerprint density at radius 1 is 1.25 bits per heavy atom. The van der Waals surface area contributed by atoms with Crippen LogP contribution in [0.25, 0.3) is 0 Å². The smallest absolute Gasteiger partial charge is 0.339 e. The summed E-state index contributed by atoms with van der Waals surface area (Å²) in [5.41, 5.74) is 4.97. The highest BCUT2D eigenvalue weighted by Crippen LogP contribution is 2.54. The molecular weight excluding hydrogens is 413 g/mol. The van der Waals surface area contributed by atoms with Crippen molar-refractivity contribution in [2.75, 3.05) is 11.5 Å². The van der Waals surface area contributed by atoms with Crippen molar-refractivity contribution in [1.29, 1.82) is 5.26 Å². The summed E-state index contributed by atoms with van der Waals surface area (Å²) in [6.07, 6.45) is 0. The largest absolute Gasteiger partial charge is 0.462 e. The van der Waals surface area contributed by atoms with Crippen molar-refractivity contribution >= 4 is 17.6 Å². The number of ether oxygens (including phenoxy) is 2. The highest BCUT2D eigenvalue weighted by atomic mass is 19.1. The normalized spacial score (nSPS) is 19.7. The first kappa shape index (κ1) is 21.1. The number of nitrogens with two attached hydrogens (primary N) is 1. The summed E-state index contributed by atoms with van der Waals surface area (Å²) in [4.78, 5) is 28.5. The first-order valence-corrected chi connectivity index (χ1v) is 9.99. The number of allylic oxidation sites excluding steroid dienone is 1. The quantitative estimate of drug-likeness (QED) is 0.743. The number of nitrogens with zero attached hydrogens (tertiary/aromatic N) is 2. The van der Waals surface area contributed by atoms with Gasteiger partial charge >= 0.3 is 5.97 Å². The molecule has 2 heterocycles. The van der Waals surface area contributed by atoms with E-state index in [4.69, 9.17) is 15.2 Å². The molecule has 0 saturated carbocycles. The van der Waals surface area contributed by atoms with E-state index in [0.29, 0.717) is 11.3 Å². The number of nitriles is 1. The van der Waals surface area contributed by atoms with Gasteiger partial charge in [0.1, 0.15) is 28.8 Å². The van der Waals surface area contributed by atoms with E-state index in [1.165, 1.54) is 17.9 Å². The summed E-state index contributed by atoms with van der Waals surface area (Å²) < 4.78 is 25.1. The molecule has 0 aromatic heterocycles. The zero-order chi connectivity index (χ0) is 23.0. The Morgan fingerprint density at radius 2 is 1.94 bits per heavy atom. The maximum absolute atomic E-state index is 14.4. The number of carbonyl (C=O) groups excluding carboxylic acids is 2. The molecular formula is C24H20FN3O4. The van der Waals surface area contributed by atoms with Crippen LogP contribution in [0.1, 0.15) is 25.0 Å². The molecule has 1 amide bonds. The zero-order valence-corrected chi connectivity index (χ0v) is 17.5. The molecule has 2 aromatic carbocycles. The van der Waals surface area contributed by atoms with Crippen LogP contribution in [-0.2, 0) is 31.0 Å². The van der Waals surface area contributed by atoms with Crippen molar-refractivity contribution in [3.63, 3.8) is 0 Å². The fourth-order valence-corrected chi connectivity index (χ4v) is 4.37. The SMILES string of the molecule is CCOC(=O)C1=C(C)OC(N)=C(C#N)C12C(=O)N(Cc1ccccc1F)c1ccccc12. The van der Waals surface area contributed by atoms with Gasteiger partial charge in [-0.05, 0) is 26.0 Å². The second-order valence-corrected chi connectivity index (χ2v) is 7.35. The average molecular weight is 433 g/mol. The second-order valence-electron chi connectivity index (χ2n) is 7.35. The number of rotatable bonds is 4. The van der Waals surface area contributed by atoms with E-state index in [0.717, 1.165) is 0 Å². The number of esters is 1. The Morgan fingerprint density at radius 3 is 2.62 bits per heavy atom. The maximum atomic E-state index is 14.4. The summed E-state index contributed by atoms with van der Waals surface area (Å²) in [6.45, 7) is 3.08. The third-order valence-corrected chi connectivity index (χ3v) is 5.65. The summed E-state index contributed by atoms with van der Waals surface area (Å²) in [6, 6.07) is 14.8. The molecule has 0 radical (unpaired) electrons. The van der Waals surface area contributed by atoms with Gasteiger partial charge < -0.3 is 20.1 Å². The van der Waals surface area contributed by atoms with E-state index in [-0.39, 0.29) is 41.5 Å². The summed E-state index contributed by atoms with van der Waals surface area (Å²) in [5, 5.41) is 9.99. The molecule has 0 bridgehead atoms.